The number of aliphatic hydroxyl groups is 1. The Morgan fingerprint density at radius 1 is 1.14 bits per heavy atom. The van der Waals surface area contributed by atoms with Crippen LogP contribution in [-0.2, 0) is 11.8 Å². The van der Waals surface area contributed by atoms with Crippen LogP contribution in [0.4, 0.5) is 4.39 Å². The summed E-state index contributed by atoms with van der Waals surface area (Å²) in [6.07, 6.45) is 1.62. The van der Waals surface area contributed by atoms with Gasteiger partial charge in [0.25, 0.3) is 0 Å². The molecule has 2 aromatic carbocycles. The Hall–Kier alpha value is -1.87. The normalized spacial score (nSPS) is 17.3. The largest absolute Gasteiger partial charge is 0.494 e. The molecule has 3 rings (SSSR count). The van der Waals surface area contributed by atoms with Crippen LogP contribution in [0.2, 0.25) is 0 Å². The number of hydrogen-bond acceptors (Lipinski definition) is 2. The highest BCUT2D eigenvalue weighted by molar-refractivity contribution is 5.36. The molecule has 1 fully saturated rings. The second kappa shape index (κ2) is 5.49. The third kappa shape index (κ3) is 2.54. The predicted octanol–water partition coefficient (Wildman–Crippen LogP) is 3.47. The van der Waals surface area contributed by atoms with E-state index in [0.29, 0.717) is 12.0 Å². The van der Waals surface area contributed by atoms with Gasteiger partial charge in [-0.15, -0.1) is 0 Å². The molecule has 1 aliphatic rings. The van der Waals surface area contributed by atoms with E-state index in [0.717, 1.165) is 18.4 Å². The van der Waals surface area contributed by atoms with Crippen molar-refractivity contribution in [1.29, 1.82) is 0 Å². The average Bonchev–Trinajstić information content (AvgIpc) is 3.32. The summed E-state index contributed by atoms with van der Waals surface area (Å²) in [7, 11) is 1.45. The summed E-state index contributed by atoms with van der Waals surface area (Å²) >= 11 is 0. The quantitative estimate of drug-likeness (QED) is 0.912. The second-order valence-electron chi connectivity index (χ2n) is 5.68. The van der Waals surface area contributed by atoms with Crippen LogP contribution >= 0.6 is 0 Å². The van der Waals surface area contributed by atoms with Gasteiger partial charge in [-0.25, -0.2) is 4.39 Å². The Labute approximate surface area is 124 Å². The van der Waals surface area contributed by atoms with Gasteiger partial charge in [0.2, 0.25) is 0 Å². The molecule has 21 heavy (non-hydrogen) atoms. The van der Waals surface area contributed by atoms with Crippen molar-refractivity contribution < 1.29 is 14.2 Å². The Morgan fingerprint density at radius 3 is 2.48 bits per heavy atom. The summed E-state index contributed by atoms with van der Waals surface area (Å²) in [5, 5.41) is 10.6. The highest BCUT2D eigenvalue weighted by Gasteiger charge is 2.50. The minimum absolute atomic E-state index is 0.212. The van der Waals surface area contributed by atoms with E-state index in [9.17, 15) is 9.50 Å². The van der Waals surface area contributed by atoms with Crippen LogP contribution in [0.3, 0.4) is 0 Å². The van der Waals surface area contributed by atoms with Crippen LogP contribution in [0.5, 0.6) is 5.75 Å². The summed E-state index contributed by atoms with van der Waals surface area (Å²) in [5.74, 6) is -0.146. The van der Waals surface area contributed by atoms with Crippen LogP contribution in [0.1, 0.15) is 24.0 Å². The van der Waals surface area contributed by atoms with Gasteiger partial charge in [-0.3, -0.25) is 0 Å². The third-order valence-electron chi connectivity index (χ3n) is 4.45. The van der Waals surface area contributed by atoms with Gasteiger partial charge in [-0.05, 0) is 30.0 Å². The van der Waals surface area contributed by atoms with E-state index in [1.165, 1.54) is 7.11 Å². The van der Waals surface area contributed by atoms with Crippen LogP contribution in [0, 0.1) is 5.82 Å². The number of aliphatic hydroxyl groups excluding tert-OH is 1. The Balaban J connectivity index is 1.83. The lowest BCUT2D eigenvalue weighted by Gasteiger charge is -2.23. The topological polar surface area (TPSA) is 29.5 Å². The molecule has 0 heterocycles. The van der Waals surface area contributed by atoms with Gasteiger partial charge < -0.3 is 9.84 Å². The maximum absolute atomic E-state index is 14.2. The van der Waals surface area contributed by atoms with Gasteiger partial charge in [-0.1, -0.05) is 42.5 Å². The lowest BCUT2D eigenvalue weighted by atomic mass is 9.86. The average molecular weight is 286 g/mol. The number of rotatable bonds is 5. The zero-order valence-corrected chi connectivity index (χ0v) is 12.1. The first kappa shape index (κ1) is 14.1. The molecule has 1 unspecified atom stereocenters. The number of halogens is 1. The van der Waals surface area contributed by atoms with E-state index < -0.39 is 6.10 Å². The minimum atomic E-state index is -0.582. The standard InChI is InChI=1S/C18H19FO2/c1-21-15-9-5-6-13(17(15)19)12-16(20)18(10-11-18)14-7-3-2-4-8-14/h2-9,16,20H,10-12H2,1H3. The molecule has 3 heteroatoms. The van der Waals surface area contributed by atoms with Crippen LogP contribution in [-0.4, -0.2) is 18.3 Å². The summed E-state index contributed by atoms with van der Waals surface area (Å²) in [4.78, 5) is 0. The van der Waals surface area contributed by atoms with E-state index in [1.807, 2.05) is 30.3 Å². The maximum Gasteiger partial charge on any atom is 0.168 e. The van der Waals surface area contributed by atoms with Crippen molar-refractivity contribution in [1.82, 2.24) is 0 Å². The number of hydrogen-bond donors (Lipinski definition) is 1. The fourth-order valence-corrected chi connectivity index (χ4v) is 2.99. The summed E-state index contributed by atoms with van der Waals surface area (Å²) in [5.41, 5.74) is 1.43. The summed E-state index contributed by atoms with van der Waals surface area (Å²) in [6, 6.07) is 15.1. The van der Waals surface area contributed by atoms with Crippen LogP contribution in [0.15, 0.2) is 48.5 Å². The first-order valence-corrected chi connectivity index (χ1v) is 7.22. The minimum Gasteiger partial charge on any atom is -0.494 e. The van der Waals surface area contributed by atoms with Gasteiger partial charge in [-0.2, -0.15) is 0 Å². The molecular formula is C18H19FO2. The lowest BCUT2D eigenvalue weighted by molar-refractivity contribution is 0.130. The fraction of sp³-hybridized carbons (Fsp3) is 0.333. The Kier molecular flexibility index (Phi) is 3.68. The smallest absolute Gasteiger partial charge is 0.168 e. The van der Waals surface area contributed by atoms with Crippen molar-refractivity contribution in [3.63, 3.8) is 0 Å². The van der Waals surface area contributed by atoms with E-state index in [4.69, 9.17) is 4.74 Å². The summed E-state index contributed by atoms with van der Waals surface area (Å²) < 4.78 is 19.2. The van der Waals surface area contributed by atoms with Crippen LogP contribution < -0.4 is 4.74 Å². The SMILES string of the molecule is COc1cccc(CC(O)C2(c3ccccc3)CC2)c1F. The molecule has 2 aromatic rings. The van der Waals surface area contributed by atoms with E-state index in [2.05, 4.69) is 0 Å². The van der Waals surface area contributed by atoms with Gasteiger partial charge in [0, 0.05) is 11.8 Å². The van der Waals surface area contributed by atoms with Gasteiger partial charge in [0.05, 0.1) is 13.2 Å². The van der Waals surface area contributed by atoms with Gasteiger partial charge in [0.1, 0.15) is 0 Å². The molecule has 0 saturated heterocycles. The van der Waals surface area contributed by atoms with Crippen LogP contribution in [0.25, 0.3) is 0 Å². The molecule has 1 N–H and O–H groups in total. The molecule has 0 radical (unpaired) electrons. The van der Waals surface area contributed by atoms with E-state index in [1.54, 1.807) is 18.2 Å². The first-order chi connectivity index (χ1) is 10.2. The molecule has 1 atom stereocenters. The maximum atomic E-state index is 14.2. The molecule has 0 spiro atoms. The molecule has 110 valence electrons. The molecule has 0 aliphatic heterocycles. The number of ether oxygens (including phenoxy) is 1. The van der Waals surface area contributed by atoms with E-state index >= 15 is 0 Å². The summed E-state index contributed by atoms with van der Waals surface area (Å²) in [6.45, 7) is 0. The van der Waals surface area contributed by atoms with Gasteiger partial charge >= 0.3 is 0 Å². The van der Waals surface area contributed by atoms with Crippen molar-refractivity contribution in [2.45, 2.75) is 30.8 Å². The molecular weight excluding hydrogens is 267 g/mol. The monoisotopic (exact) mass is 286 g/mol. The Morgan fingerprint density at radius 2 is 1.86 bits per heavy atom. The second-order valence-corrected chi connectivity index (χ2v) is 5.68. The van der Waals surface area contributed by atoms with Crippen molar-refractivity contribution in [3.8, 4) is 5.75 Å². The van der Waals surface area contributed by atoms with Crippen molar-refractivity contribution in [2.24, 2.45) is 0 Å². The van der Waals surface area contributed by atoms with Gasteiger partial charge in [0.15, 0.2) is 11.6 Å². The van der Waals surface area contributed by atoms with E-state index in [-0.39, 0.29) is 17.0 Å². The first-order valence-electron chi connectivity index (χ1n) is 7.22. The Bertz CT molecular complexity index is 620. The highest BCUT2D eigenvalue weighted by atomic mass is 19.1. The predicted molar refractivity (Wildman–Crippen MR) is 80.0 cm³/mol. The van der Waals surface area contributed by atoms with Crippen molar-refractivity contribution >= 4 is 0 Å². The number of methoxy groups -OCH3 is 1. The highest BCUT2D eigenvalue weighted by Crippen LogP contribution is 2.51. The number of benzene rings is 2. The molecule has 0 amide bonds. The van der Waals surface area contributed by atoms with Crippen molar-refractivity contribution in [3.05, 3.63) is 65.5 Å². The zero-order chi connectivity index (χ0) is 14.9. The lowest BCUT2D eigenvalue weighted by Crippen LogP contribution is -2.28. The molecule has 0 bridgehead atoms. The molecule has 1 aliphatic carbocycles. The third-order valence-corrected chi connectivity index (χ3v) is 4.45. The zero-order valence-electron chi connectivity index (χ0n) is 12.1. The van der Waals surface area contributed by atoms with Crippen molar-refractivity contribution in [2.75, 3.05) is 7.11 Å². The molecule has 2 nitrogen and oxygen atoms in total. The molecule has 0 aromatic heterocycles. The fourth-order valence-electron chi connectivity index (χ4n) is 2.99. The molecule has 1 saturated carbocycles.